The molecular formula is C11H12N. The molecule has 0 heterocycles. The first-order valence-electron chi connectivity index (χ1n) is 4.16. The summed E-state index contributed by atoms with van der Waals surface area (Å²) in [4.78, 5) is 0. The van der Waals surface area contributed by atoms with Crippen LogP contribution < -0.4 is 0 Å². The van der Waals surface area contributed by atoms with Gasteiger partial charge in [-0.05, 0) is 24.8 Å². The molecule has 0 fully saturated rings. The minimum Gasteiger partial charge on any atom is -0.198 e. The van der Waals surface area contributed by atoms with Gasteiger partial charge < -0.3 is 0 Å². The molecule has 1 radical (unpaired) electrons. The Hall–Kier alpha value is -1.29. The summed E-state index contributed by atoms with van der Waals surface area (Å²) in [5.74, 6) is 0. The molecule has 0 bridgehead atoms. The molecule has 1 rings (SSSR count). The maximum Gasteiger partial charge on any atom is 0.0624 e. The number of rotatable bonds is 4. The fourth-order valence-corrected chi connectivity index (χ4v) is 1.08. The summed E-state index contributed by atoms with van der Waals surface area (Å²) in [6.07, 6.45) is 4.62. The van der Waals surface area contributed by atoms with E-state index in [4.69, 9.17) is 5.26 Å². The van der Waals surface area contributed by atoms with Crippen molar-refractivity contribution >= 4 is 0 Å². The van der Waals surface area contributed by atoms with Crippen molar-refractivity contribution < 1.29 is 0 Å². The standard InChI is InChI=1S/C11H12N/c12-10-6-2-5-9-11-7-3-1-4-8-11/h1-4,7-8H,5-6,9H2. The molecular weight excluding hydrogens is 146 g/mol. The summed E-state index contributed by atoms with van der Waals surface area (Å²) in [5.41, 5.74) is 1.34. The molecule has 0 aromatic heterocycles. The average molecular weight is 158 g/mol. The molecule has 0 amide bonds. The van der Waals surface area contributed by atoms with Crippen LogP contribution in [-0.4, -0.2) is 0 Å². The second-order valence-corrected chi connectivity index (χ2v) is 2.68. The Kier molecular flexibility index (Phi) is 3.94. The van der Waals surface area contributed by atoms with Crippen LogP contribution in [0, 0.1) is 17.8 Å². The third-order valence-electron chi connectivity index (χ3n) is 1.72. The summed E-state index contributed by atoms with van der Waals surface area (Å²) in [5, 5.41) is 8.28. The second-order valence-electron chi connectivity index (χ2n) is 2.68. The van der Waals surface area contributed by atoms with Gasteiger partial charge >= 0.3 is 0 Å². The molecule has 0 spiro atoms. The molecule has 0 atom stereocenters. The summed E-state index contributed by atoms with van der Waals surface area (Å²) in [6.45, 7) is 0. The highest BCUT2D eigenvalue weighted by Crippen LogP contribution is 2.04. The second kappa shape index (κ2) is 5.37. The third kappa shape index (κ3) is 3.21. The van der Waals surface area contributed by atoms with Crippen LogP contribution in [0.4, 0.5) is 0 Å². The van der Waals surface area contributed by atoms with Crippen molar-refractivity contribution in [1.82, 2.24) is 0 Å². The molecule has 1 heteroatoms. The van der Waals surface area contributed by atoms with E-state index in [0.29, 0.717) is 6.42 Å². The van der Waals surface area contributed by atoms with Crippen LogP contribution in [0.3, 0.4) is 0 Å². The Labute approximate surface area is 73.6 Å². The highest BCUT2D eigenvalue weighted by atomic mass is 14.2. The number of nitrogens with zero attached hydrogens (tertiary/aromatic N) is 1. The van der Waals surface area contributed by atoms with Gasteiger partial charge in [-0.3, -0.25) is 0 Å². The van der Waals surface area contributed by atoms with Gasteiger partial charge in [-0.25, -0.2) is 0 Å². The molecule has 0 saturated carbocycles. The Balaban J connectivity index is 2.21. The third-order valence-corrected chi connectivity index (χ3v) is 1.72. The summed E-state index contributed by atoms with van der Waals surface area (Å²) in [6, 6.07) is 12.4. The van der Waals surface area contributed by atoms with E-state index in [1.54, 1.807) is 0 Å². The van der Waals surface area contributed by atoms with E-state index >= 15 is 0 Å². The van der Waals surface area contributed by atoms with Crippen molar-refractivity contribution in [2.75, 3.05) is 0 Å². The zero-order valence-electron chi connectivity index (χ0n) is 7.03. The SMILES string of the molecule is N#CC[CH]CCc1ccccc1. The monoisotopic (exact) mass is 158 g/mol. The molecule has 0 saturated heterocycles. The Morgan fingerprint density at radius 2 is 2.00 bits per heavy atom. The van der Waals surface area contributed by atoms with Crippen LogP contribution in [0.2, 0.25) is 0 Å². The first-order valence-corrected chi connectivity index (χ1v) is 4.16. The molecule has 1 nitrogen and oxygen atoms in total. The molecule has 0 aliphatic rings. The lowest BCUT2D eigenvalue weighted by atomic mass is 10.1. The summed E-state index contributed by atoms with van der Waals surface area (Å²) in [7, 11) is 0. The van der Waals surface area contributed by atoms with Gasteiger partial charge in [0.15, 0.2) is 0 Å². The molecule has 0 aliphatic carbocycles. The minimum atomic E-state index is 0.562. The minimum absolute atomic E-state index is 0.562. The number of unbranched alkanes of at least 4 members (excludes halogenated alkanes) is 2. The van der Waals surface area contributed by atoms with Gasteiger partial charge in [-0.15, -0.1) is 0 Å². The fraction of sp³-hybridized carbons (Fsp3) is 0.273. The van der Waals surface area contributed by atoms with Gasteiger partial charge in [0.05, 0.1) is 6.07 Å². The molecule has 0 aliphatic heterocycles. The van der Waals surface area contributed by atoms with Crippen molar-refractivity contribution in [2.45, 2.75) is 19.3 Å². The predicted molar refractivity (Wildman–Crippen MR) is 49.3 cm³/mol. The highest BCUT2D eigenvalue weighted by molar-refractivity contribution is 5.14. The van der Waals surface area contributed by atoms with E-state index in [0.717, 1.165) is 12.8 Å². The molecule has 1 aromatic rings. The van der Waals surface area contributed by atoms with Gasteiger partial charge in [0.25, 0.3) is 0 Å². The van der Waals surface area contributed by atoms with Gasteiger partial charge in [-0.2, -0.15) is 5.26 Å². The van der Waals surface area contributed by atoms with E-state index in [9.17, 15) is 0 Å². The maximum absolute atomic E-state index is 8.28. The molecule has 0 N–H and O–H groups in total. The van der Waals surface area contributed by atoms with Crippen molar-refractivity contribution in [3.8, 4) is 6.07 Å². The normalized spacial score (nSPS) is 9.25. The number of hydrogen-bond donors (Lipinski definition) is 0. The number of hydrogen-bond acceptors (Lipinski definition) is 1. The largest absolute Gasteiger partial charge is 0.198 e. The van der Waals surface area contributed by atoms with E-state index < -0.39 is 0 Å². The molecule has 12 heavy (non-hydrogen) atoms. The average Bonchev–Trinajstić information content (AvgIpc) is 2.14. The van der Waals surface area contributed by atoms with Gasteiger partial charge in [0.2, 0.25) is 0 Å². The van der Waals surface area contributed by atoms with Gasteiger partial charge in [0, 0.05) is 6.42 Å². The lowest BCUT2D eigenvalue weighted by molar-refractivity contribution is 0.908. The Morgan fingerprint density at radius 1 is 1.25 bits per heavy atom. The van der Waals surface area contributed by atoms with E-state index in [2.05, 4.69) is 18.2 Å². The number of nitriles is 1. The molecule has 61 valence electrons. The van der Waals surface area contributed by atoms with Crippen molar-refractivity contribution in [3.05, 3.63) is 42.3 Å². The quantitative estimate of drug-likeness (QED) is 0.618. The Morgan fingerprint density at radius 3 is 2.67 bits per heavy atom. The van der Waals surface area contributed by atoms with Crippen LogP contribution in [0.1, 0.15) is 18.4 Å². The smallest absolute Gasteiger partial charge is 0.0624 e. The highest BCUT2D eigenvalue weighted by Gasteiger charge is 1.91. The number of aryl methyl sites for hydroxylation is 1. The Bertz CT molecular complexity index is 245. The summed E-state index contributed by atoms with van der Waals surface area (Å²) >= 11 is 0. The van der Waals surface area contributed by atoms with Crippen LogP contribution in [0.25, 0.3) is 0 Å². The lowest BCUT2D eigenvalue weighted by Crippen LogP contribution is -1.84. The molecule has 1 aromatic carbocycles. The fourth-order valence-electron chi connectivity index (χ4n) is 1.08. The first kappa shape index (κ1) is 8.80. The summed E-state index contributed by atoms with van der Waals surface area (Å²) < 4.78 is 0. The maximum atomic E-state index is 8.28. The zero-order chi connectivity index (χ0) is 8.65. The topological polar surface area (TPSA) is 23.8 Å². The van der Waals surface area contributed by atoms with Crippen molar-refractivity contribution in [3.63, 3.8) is 0 Å². The van der Waals surface area contributed by atoms with Gasteiger partial charge in [-0.1, -0.05) is 30.3 Å². The molecule has 0 unspecified atom stereocenters. The first-order chi connectivity index (χ1) is 5.93. The van der Waals surface area contributed by atoms with Crippen LogP contribution in [0.15, 0.2) is 30.3 Å². The predicted octanol–water partition coefficient (Wildman–Crippen LogP) is 2.74. The van der Waals surface area contributed by atoms with Gasteiger partial charge in [0.1, 0.15) is 0 Å². The van der Waals surface area contributed by atoms with Crippen LogP contribution in [0.5, 0.6) is 0 Å². The number of benzene rings is 1. The van der Waals surface area contributed by atoms with Crippen molar-refractivity contribution in [1.29, 1.82) is 5.26 Å². The zero-order valence-corrected chi connectivity index (χ0v) is 7.03. The van der Waals surface area contributed by atoms with E-state index in [-0.39, 0.29) is 0 Å². The van der Waals surface area contributed by atoms with Crippen LogP contribution >= 0.6 is 0 Å². The van der Waals surface area contributed by atoms with Crippen LogP contribution in [-0.2, 0) is 6.42 Å². The van der Waals surface area contributed by atoms with Crippen molar-refractivity contribution in [2.24, 2.45) is 0 Å². The van der Waals surface area contributed by atoms with E-state index in [1.807, 2.05) is 24.6 Å². The van der Waals surface area contributed by atoms with E-state index in [1.165, 1.54) is 5.56 Å². The lowest BCUT2D eigenvalue weighted by Gasteiger charge is -1.97.